The van der Waals surface area contributed by atoms with Gasteiger partial charge in [0.05, 0.1) is 17.3 Å². The van der Waals surface area contributed by atoms with Crippen LogP contribution in [-0.4, -0.2) is 36.6 Å². The van der Waals surface area contributed by atoms with Crippen molar-refractivity contribution in [1.82, 2.24) is 5.32 Å². The number of para-hydroxylation sites is 1. The number of carbonyl (C=O) groups excluding carboxylic acids is 3. The molecule has 3 aromatic carbocycles. The number of amides is 3. The van der Waals surface area contributed by atoms with E-state index in [-0.39, 0.29) is 23.2 Å². The highest BCUT2D eigenvalue weighted by atomic mass is 79.9. The second kappa shape index (κ2) is 11.6. The van der Waals surface area contributed by atoms with Gasteiger partial charge in [0.2, 0.25) is 0 Å². The first-order chi connectivity index (χ1) is 18.2. The lowest BCUT2D eigenvalue weighted by Gasteiger charge is -2.28. The van der Waals surface area contributed by atoms with Crippen molar-refractivity contribution >= 4 is 68.4 Å². The number of rotatable bonds is 7. The van der Waals surface area contributed by atoms with Gasteiger partial charge >= 0.3 is 0 Å². The van der Waals surface area contributed by atoms with Gasteiger partial charge < -0.3 is 14.8 Å². The molecule has 10 heteroatoms. The number of hydrogen-bond acceptors (Lipinski definition) is 6. The summed E-state index contributed by atoms with van der Waals surface area (Å²) in [6.07, 6.45) is 1.44. The molecule has 2 N–H and O–H groups in total. The van der Waals surface area contributed by atoms with Crippen LogP contribution in [0.4, 0.5) is 11.4 Å². The van der Waals surface area contributed by atoms with Gasteiger partial charge in [-0.25, -0.2) is 0 Å². The molecule has 1 aliphatic rings. The summed E-state index contributed by atoms with van der Waals surface area (Å²) in [7, 11) is 1.45. The van der Waals surface area contributed by atoms with Gasteiger partial charge in [-0.3, -0.25) is 24.6 Å². The highest BCUT2D eigenvalue weighted by Gasteiger charge is 2.34. The summed E-state index contributed by atoms with van der Waals surface area (Å²) in [6, 6.07) is 17.8. The highest BCUT2D eigenvalue weighted by molar-refractivity contribution is 9.10. The first-order valence-corrected chi connectivity index (χ1v) is 12.7. The van der Waals surface area contributed by atoms with Crippen LogP contribution in [0.5, 0.6) is 11.5 Å². The average Bonchev–Trinajstić information content (AvgIpc) is 2.87. The van der Waals surface area contributed by atoms with Crippen LogP contribution in [0, 0.1) is 13.8 Å². The van der Waals surface area contributed by atoms with Crippen LogP contribution in [0.25, 0.3) is 6.08 Å². The molecule has 8 nitrogen and oxygen atoms in total. The Balaban J connectivity index is 1.55. The molecule has 194 valence electrons. The standard InChI is InChI=1S/C28H24BrN3O5S/c1-16-9-10-22(17(2)11-16)30-24(33)15-37-25-21(29)13-18(14-23(25)36-3)12-20-26(34)31-28(38)32(27(20)35)19-7-5-4-6-8-19/h4-14H,15H2,1-3H3,(H,30,33)(H,31,34,38)/b20-12-. The minimum absolute atomic E-state index is 0.00460. The SMILES string of the molecule is COc1cc(/C=C2/C(=O)NC(=S)N(c3ccccc3)C2=O)cc(Br)c1OCC(=O)Nc1ccc(C)cc1C. The van der Waals surface area contributed by atoms with E-state index in [9.17, 15) is 14.4 Å². The fraction of sp³-hybridized carbons (Fsp3) is 0.143. The van der Waals surface area contributed by atoms with E-state index in [1.807, 2.05) is 38.1 Å². The molecule has 3 amide bonds. The highest BCUT2D eigenvalue weighted by Crippen LogP contribution is 2.37. The third kappa shape index (κ3) is 5.92. The lowest BCUT2D eigenvalue weighted by atomic mass is 10.1. The second-order valence-electron chi connectivity index (χ2n) is 8.48. The molecule has 4 rings (SSSR count). The molecule has 1 fully saturated rings. The zero-order valence-corrected chi connectivity index (χ0v) is 23.2. The summed E-state index contributed by atoms with van der Waals surface area (Å²) in [5.41, 5.74) is 3.69. The number of halogens is 1. The van der Waals surface area contributed by atoms with E-state index in [0.717, 1.165) is 11.1 Å². The van der Waals surface area contributed by atoms with E-state index in [1.165, 1.54) is 18.1 Å². The Labute approximate surface area is 233 Å². The van der Waals surface area contributed by atoms with Gasteiger partial charge in [0.1, 0.15) is 5.57 Å². The van der Waals surface area contributed by atoms with E-state index in [2.05, 4.69) is 26.6 Å². The summed E-state index contributed by atoms with van der Waals surface area (Å²) < 4.78 is 11.7. The molecule has 0 bridgehead atoms. The Kier molecular flexibility index (Phi) is 8.23. The molecule has 1 aliphatic heterocycles. The van der Waals surface area contributed by atoms with E-state index in [0.29, 0.717) is 32.9 Å². The smallest absolute Gasteiger partial charge is 0.270 e. The van der Waals surface area contributed by atoms with Crippen molar-refractivity contribution in [3.05, 3.63) is 87.4 Å². The first kappa shape index (κ1) is 27.0. The Morgan fingerprint density at radius 3 is 2.53 bits per heavy atom. The van der Waals surface area contributed by atoms with Gasteiger partial charge in [0.15, 0.2) is 23.2 Å². The number of hydrogen-bond donors (Lipinski definition) is 2. The van der Waals surface area contributed by atoms with Crippen LogP contribution in [0.2, 0.25) is 0 Å². The summed E-state index contributed by atoms with van der Waals surface area (Å²) in [6.45, 7) is 3.64. The van der Waals surface area contributed by atoms with Gasteiger partial charge in [-0.15, -0.1) is 0 Å². The monoisotopic (exact) mass is 593 g/mol. The molecule has 1 saturated heterocycles. The Hall–Kier alpha value is -4.02. The Bertz CT molecular complexity index is 1470. The van der Waals surface area contributed by atoms with Gasteiger partial charge in [0.25, 0.3) is 17.7 Å². The van der Waals surface area contributed by atoms with Crippen molar-refractivity contribution in [2.24, 2.45) is 0 Å². The molecule has 1 heterocycles. The minimum Gasteiger partial charge on any atom is -0.493 e. The summed E-state index contributed by atoms with van der Waals surface area (Å²) in [5, 5.41) is 5.40. The van der Waals surface area contributed by atoms with Crippen LogP contribution in [0.3, 0.4) is 0 Å². The largest absolute Gasteiger partial charge is 0.493 e. The minimum atomic E-state index is -0.606. The van der Waals surface area contributed by atoms with E-state index in [4.69, 9.17) is 21.7 Å². The number of anilines is 2. The molecule has 38 heavy (non-hydrogen) atoms. The quantitative estimate of drug-likeness (QED) is 0.229. The number of nitrogens with one attached hydrogen (secondary N) is 2. The molecule has 0 aliphatic carbocycles. The molecule has 0 saturated carbocycles. The second-order valence-corrected chi connectivity index (χ2v) is 9.72. The first-order valence-electron chi connectivity index (χ1n) is 11.5. The number of carbonyl (C=O) groups is 3. The lowest BCUT2D eigenvalue weighted by molar-refractivity contribution is -0.122. The van der Waals surface area contributed by atoms with Crippen molar-refractivity contribution < 1.29 is 23.9 Å². The number of thiocarbonyl (C=S) groups is 1. The maximum absolute atomic E-state index is 13.2. The Morgan fingerprint density at radius 2 is 1.84 bits per heavy atom. The van der Waals surface area contributed by atoms with Crippen molar-refractivity contribution in [2.45, 2.75) is 13.8 Å². The third-order valence-corrected chi connectivity index (χ3v) is 6.56. The number of aryl methyl sites for hydroxylation is 2. The van der Waals surface area contributed by atoms with Crippen LogP contribution < -0.4 is 25.0 Å². The fourth-order valence-corrected chi connectivity index (χ4v) is 4.73. The number of methoxy groups -OCH3 is 1. The van der Waals surface area contributed by atoms with Gasteiger partial charge in [0, 0.05) is 5.69 Å². The maximum Gasteiger partial charge on any atom is 0.270 e. The topological polar surface area (TPSA) is 97.0 Å². The summed E-state index contributed by atoms with van der Waals surface area (Å²) >= 11 is 8.68. The average molecular weight is 594 g/mol. The summed E-state index contributed by atoms with van der Waals surface area (Å²) in [4.78, 5) is 39.6. The number of nitrogens with zero attached hydrogens (tertiary/aromatic N) is 1. The molecule has 3 aromatic rings. The van der Waals surface area contributed by atoms with Crippen molar-refractivity contribution in [1.29, 1.82) is 0 Å². The molecular weight excluding hydrogens is 570 g/mol. The fourth-order valence-electron chi connectivity index (χ4n) is 3.88. The maximum atomic E-state index is 13.2. The molecule has 0 aromatic heterocycles. The van der Waals surface area contributed by atoms with Crippen molar-refractivity contribution in [3.8, 4) is 11.5 Å². The van der Waals surface area contributed by atoms with Crippen LogP contribution in [0.15, 0.2) is 70.7 Å². The predicted octanol–water partition coefficient (Wildman–Crippen LogP) is 4.92. The van der Waals surface area contributed by atoms with Gasteiger partial charge in [-0.1, -0.05) is 35.9 Å². The zero-order chi connectivity index (χ0) is 27.4. The molecule has 0 spiro atoms. The van der Waals surface area contributed by atoms with Crippen LogP contribution in [0.1, 0.15) is 16.7 Å². The van der Waals surface area contributed by atoms with Gasteiger partial charge in [-0.2, -0.15) is 0 Å². The van der Waals surface area contributed by atoms with E-state index >= 15 is 0 Å². The summed E-state index contributed by atoms with van der Waals surface area (Å²) in [5.74, 6) is -0.880. The van der Waals surface area contributed by atoms with Crippen molar-refractivity contribution in [3.63, 3.8) is 0 Å². The number of benzene rings is 3. The molecule has 0 atom stereocenters. The Morgan fingerprint density at radius 1 is 1.11 bits per heavy atom. The normalized spacial score (nSPS) is 14.4. The van der Waals surface area contributed by atoms with E-state index in [1.54, 1.807) is 36.4 Å². The van der Waals surface area contributed by atoms with Crippen LogP contribution in [-0.2, 0) is 14.4 Å². The third-order valence-electron chi connectivity index (χ3n) is 5.68. The van der Waals surface area contributed by atoms with Gasteiger partial charge in [-0.05, 0) is 89.5 Å². The molecule has 0 radical (unpaired) electrons. The molecule has 0 unspecified atom stereocenters. The lowest BCUT2D eigenvalue weighted by Crippen LogP contribution is -2.54. The number of ether oxygens (including phenoxy) is 2. The zero-order valence-electron chi connectivity index (χ0n) is 20.8. The van der Waals surface area contributed by atoms with Crippen molar-refractivity contribution in [2.75, 3.05) is 23.9 Å². The molecular formula is C28H24BrN3O5S. The van der Waals surface area contributed by atoms with Crippen LogP contribution >= 0.6 is 28.1 Å². The predicted molar refractivity (Wildman–Crippen MR) is 153 cm³/mol. The van der Waals surface area contributed by atoms with E-state index < -0.39 is 11.8 Å².